The normalized spacial score (nSPS) is 11.1. The molecule has 0 radical (unpaired) electrons. The van der Waals surface area contributed by atoms with Crippen molar-refractivity contribution in [3.63, 3.8) is 0 Å². The number of hydrogen-bond donors (Lipinski definition) is 2. The van der Waals surface area contributed by atoms with Gasteiger partial charge < -0.3 is 15.3 Å². The molecule has 0 aliphatic carbocycles. The Kier molecular flexibility index (Phi) is 9.56. The van der Waals surface area contributed by atoms with Crippen molar-refractivity contribution in [2.45, 2.75) is 25.3 Å². The molecule has 6 heteroatoms. The highest BCUT2D eigenvalue weighted by Gasteiger charge is 2.32. The predicted molar refractivity (Wildman–Crippen MR) is 139 cm³/mol. The van der Waals surface area contributed by atoms with Crippen LogP contribution in [0.15, 0.2) is 78.9 Å². The van der Waals surface area contributed by atoms with Crippen LogP contribution in [0.2, 0.25) is 0 Å². The largest absolute Gasteiger partial charge is 0.388 e. The van der Waals surface area contributed by atoms with E-state index in [0.717, 1.165) is 35.3 Å². The van der Waals surface area contributed by atoms with Gasteiger partial charge in [0.15, 0.2) is 11.8 Å². The third-order valence-corrected chi connectivity index (χ3v) is 5.87. The summed E-state index contributed by atoms with van der Waals surface area (Å²) in [5, 5.41) is 11.5. The van der Waals surface area contributed by atoms with Gasteiger partial charge in [-0.25, -0.2) is 0 Å². The summed E-state index contributed by atoms with van der Waals surface area (Å²) in [6.07, 6.45) is 3.16. The quantitative estimate of drug-likeness (QED) is 0.363. The number of aryl methyl sites for hydroxylation is 2. The van der Waals surface area contributed by atoms with Gasteiger partial charge in [0.2, 0.25) is 5.91 Å². The SMILES string of the molecule is CNC(=O)C(C(=O)CO)N(C)C(=O)c1ccc(C#Cc2ccc(CCCc3ccccc3)cc2)cc1. The summed E-state index contributed by atoms with van der Waals surface area (Å²) in [7, 11) is 2.72. The van der Waals surface area contributed by atoms with Crippen LogP contribution in [0.1, 0.15) is 39.0 Å². The maximum Gasteiger partial charge on any atom is 0.254 e. The van der Waals surface area contributed by atoms with Crippen molar-refractivity contribution in [3.8, 4) is 11.8 Å². The zero-order valence-electron chi connectivity index (χ0n) is 20.5. The van der Waals surface area contributed by atoms with Crippen molar-refractivity contribution >= 4 is 17.6 Å². The third kappa shape index (κ3) is 7.14. The molecule has 3 aromatic carbocycles. The molecule has 3 aromatic rings. The van der Waals surface area contributed by atoms with Crippen LogP contribution in [0.5, 0.6) is 0 Å². The number of rotatable bonds is 9. The number of likely N-dealkylation sites (N-methyl/N-ethyl adjacent to an activating group) is 2. The maximum atomic E-state index is 12.8. The Morgan fingerprint density at radius 3 is 1.89 bits per heavy atom. The molecule has 0 bridgehead atoms. The zero-order chi connectivity index (χ0) is 25.9. The number of amides is 2. The van der Waals surface area contributed by atoms with Gasteiger partial charge in [-0.05, 0) is 66.8 Å². The lowest BCUT2D eigenvalue weighted by molar-refractivity contribution is -0.135. The molecule has 184 valence electrons. The molecule has 0 saturated carbocycles. The molecule has 0 aliphatic heterocycles. The van der Waals surface area contributed by atoms with Gasteiger partial charge >= 0.3 is 0 Å². The number of nitrogens with zero attached hydrogens (tertiary/aromatic N) is 1. The first-order valence-corrected chi connectivity index (χ1v) is 11.8. The van der Waals surface area contributed by atoms with Gasteiger partial charge in [-0.1, -0.05) is 54.3 Å². The van der Waals surface area contributed by atoms with Crippen LogP contribution in [0, 0.1) is 11.8 Å². The Bertz CT molecular complexity index is 1220. The van der Waals surface area contributed by atoms with Gasteiger partial charge in [-0.15, -0.1) is 0 Å². The standard InChI is InChI=1S/C30H30N2O4/c1-31-29(35)28(27(34)21-33)32(2)30(36)26-19-17-25(18-20-26)16-15-24-13-11-23(12-14-24)10-6-9-22-7-4-3-5-8-22/h3-5,7-8,11-14,17-20,28,33H,6,9-10,21H2,1-2H3,(H,31,35). The summed E-state index contributed by atoms with van der Waals surface area (Å²) >= 11 is 0. The minimum Gasteiger partial charge on any atom is -0.388 e. The lowest BCUT2D eigenvalue weighted by Gasteiger charge is -2.25. The summed E-state index contributed by atoms with van der Waals surface area (Å²) in [6.45, 7) is -0.834. The molecular weight excluding hydrogens is 452 g/mol. The summed E-state index contributed by atoms with van der Waals surface area (Å²) in [5.74, 6) is 4.31. The van der Waals surface area contributed by atoms with Gasteiger partial charge in [0, 0.05) is 30.8 Å². The third-order valence-electron chi connectivity index (χ3n) is 5.87. The van der Waals surface area contributed by atoms with Gasteiger partial charge in [0.25, 0.3) is 5.91 Å². The fourth-order valence-electron chi connectivity index (χ4n) is 3.82. The smallest absolute Gasteiger partial charge is 0.254 e. The van der Waals surface area contributed by atoms with Crippen LogP contribution in [0.25, 0.3) is 0 Å². The molecule has 0 spiro atoms. The topological polar surface area (TPSA) is 86.7 Å². The van der Waals surface area contributed by atoms with E-state index in [4.69, 9.17) is 5.11 Å². The van der Waals surface area contributed by atoms with Gasteiger partial charge in [-0.3, -0.25) is 14.4 Å². The van der Waals surface area contributed by atoms with Crippen molar-refractivity contribution < 1.29 is 19.5 Å². The number of aliphatic hydroxyl groups excluding tert-OH is 1. The van der Waals surface area contributed by atoms with E-state index in [0.29, 0.717) is 5.56 Å². The number of carbonyl (C=O) groups excluding carboxylic acids is 3. The van der Waals surface area contributed by atoms with Crippen molar-refractivity contribution in [3.05, 3.63) is 107 Å². The average Bonchev–Trinajstić information content (AvgIpc) is 2.92. The molecule has 0 fully saturated rings. The minimum atomic E-state index is -1.40. The Labute approximate surface area is 212 Å². The summed E-state index contributed by atoms with van der Waals surface area (Å²) in [5.41, 5.74) is 4.57. The summed E-state index contributed by atoms with van der Waals surface area (Å²) in [6, 6.07) is 23.9. The van der Waals surface area contributed by atoms with Crippen LogP contribution < -0.4 is 5.32 Å². The van der Waals surface area contributed by atoms with Gasteiger partial charge in [0.1, 0.15) is 6.61 Å². The number of hydrogen-bond acceptors (Lipinski definition) is 4. The molecule has 2 amide bonds. The van der Waals surface area contributed by atoms with Gasteiger partial charge in [-0.2, -0.15) is 0 Å². The second-order valence-electron chi connectivity index (χ2n) is 8.42. The van der Waals surface area contributed by atoms with Crippen molar-refractivity contribution in [2.75, 3.05) is 20.7 Å². The second-order valence-corrected chi connectivity index (χ2v) is 8.42. The fourth-order valence-corrected chi connectivity index (χ4v) is 3.82. The monoisotopic (exact) mass is 482 g/mol. The van der Waals surface area contributed by atoms with E-state index >= 15 is 0 Å². The van der Waals surface area contributed by atoms with E-state index in [-0.39, 0.29) is 0 Å². The van der Waals surface area contributed by atoms with E-state index in [2.05, 4.69) is 53.6 Å². The average molecular weight is 483 g/mol. The van der Waals surface area contributed by atoms with E-state index in [9.17, 15) is 14.4 Å². The maximum absolute atomic E-state index is 12.8. The molecule has 6 nitrogen and oxygen atoms in total. The molecule has 0 aliphatic rings. The van der Waals surface area contributed by atoms with E-state index < -0.39 is 30.2 Å². The molecule has 0 aromatic heterocycles. The Morgan fingerprint density at radius 2 is 1.36 bits per heavy atom. The molecule has 1 atom stereocenters. The first-order valence-electron chi connectivity index (χ1n) is 11.8. The molecular formula is C30H30N2O4. The Morgan fingerprint density at radius 1 is 0.833 bits per heavy atom. The molecule has 2 N–H and O–H groups in total. The molecule has 36 heavy (non-hydrogen) atoms. The van der Waals surface area contributed by atoms with Crippen LogP contribution in [-0.4, -0.2) is 54.3 Å². The fraction of sp³-hybridized carbons (Fsp3) is 0.233. The van der Waals surface area contributed by atoms with Crippen molar-refractivity contribution in [1.82, 2.24) is 10.2 Å². The highest BCUT2D eigenvalue weighted by Crippen LogP contribution is 2.12. The van der Waals surface area contributed by atoms with Gasteiger partial charge in [0.05, 0.1) is 0 Å². The van der Waals surface area contributed by atoms with Crippen LogP contribution in [-0.2, 0) is 22.4 Å². The van der Waals surface area contributed by atoms with E-state index in [1.54, 1.807) is 24.3 Å². The Hall–Kier alpha value is -4.21. The predicted octanol–water partition coefficient (Wildman–Crippen LogP) is 3.01. The molecule has 1 unspecified atom stereocenters. The van der Waals surface area contributed by atoms with Crippen LogP contribution in [0.4, 0.5) is 0 Å². The molecule has 0 heterocycles. The molecule has 0 saturated heterocycles. The number of benzene rings is 3. The highest BCUT2D eigenvalue weighted by molar-refractivity contribution is 6.10. The summed E-state index contributed by atoms with van der Waals surface area (Å²) in [4.78, 5) is 37.8. The zero-order valence-corrected chi connectivity index (χ0v) is 20.5. The molecule has 3 rings (SSSR count). The lowest BCUT2D eigenvalue weighted by Crippen LogP contribution is -2.52. The first-order chi connectivity index (χ1) is 17.4. The number of nitrogens with one attached hydrogen (secondary N) is 1. The van der Waals surface area contributed by atoms with Crippen molar-refractivity contribution in [1.29, 1.82) is 0 Å². The number of Topliss-reactive ketones (excluding diaryl/α,β-unsaturated/α-hetero) is 1. The number of ketones is 1. The Balaban J connectivity index is 1.59. The first kappa shape index (κ1) is 26.4. The summed E-state index contributed by atoms with van der Waals surface area (Å²) < 4.78 is 0. The number of carbonyl (C=O) groups is 3. The number of aliphatic hydroxyl groups is 1. The van der Waals surface area contributed by atoms with Crippen LogP contribution in [0.3, 0.4) is 0 Å². The minimum absolute atomic E-state index is 0.308. The highest BCUT2D eigenvalue weighted by atomic mass is 16.3. The van der Waals surface area contributed by atoms with Crippen LogP contribution >= 0.6 is 0 Å². The second kappa shape index (κ2) is 13.0. The van der Waals surface area contributed by atoms with E-state index in [1.165, 1.54) is 25.2 Å². The van der Waals surface area contributed by atoms with Crippen molar-refractivity contribution in [2.24, 2.45) is 0 Å². The lowest BCUT2D eigenvalue weighted by atomic mass is 10.0. The van der Waals surface area contributed by atoms with E-state index in [1.807, 2.05) is 18.2 Å².